The number of sulfonamides is 1. The van der Waals surface area contributed by atoms with Crippen LogP contribution in [0.3, 0.4) is 0 Å². The lowest BCUT2D eigenvalue weighted by Crippen LogP contribution is -2.13. The van der Waals surface area contributed by atoms with E-state index in [1.807, 2.05) is 0 Å². The van der Waals surface area contributed by atoms with Crippen molar-refractivity contribution in [3.05, 3.63) is 62.6 Å². The van der Waals surface area contributed by atoms with Gasteiger partial charge in [-0.2, -0.15) is 0 Å². The van der Waals surface area contributed by atoms with Gasteiger partial charge in [-0.05, 0) is 42.8 Å². The Hall–Kier alpha value is -1.93. The monoisotopic (exact) mass is 370 g/mol. The molecule has 0 aliphatic rings. The Labute approximate surface area is 130 Å². The van der Waals surface area contributed by atoms with E-state index in [0.717, 1.165) is 10.0 Å². The minimum absolute atomic E-state index is 0.0996. The van der Waals surface area contributed by atoms with Crippen LogP contribution in [0, 0.1) is 17.0 Å². The molecule has 0 spiro atoms. The molecule has 0 saturated carbocycles. The maximum atomic E-state index is 12.2. The summed E-state index contributed by atoms with van der Waals surface area (Å²) in [7, 11) is -3.73. The molecule has 0 fully saturated rings. The Balaban J connectivity index is 2.28. The van der Waals surface area contributed by atoms with Crippen LogP contribution < -0.4 is 4.72 Å². The molecule has 0 aliphatic heterocycles. The van der Waals surface area contributed by atoms with Crippen molar-refractivity contribution in [3.8, 4) is 0 Å². The summed E-state index contributed by atoms with van der Waals surface area (Å²) in [5, 5.41) is 10.6. The molecule has 2 aromatic rings. The predicted octanol–water partition coefficient (Wildman–Crippen LogP) is 3.47. The van der Waals surface area contributed by atoms with Gasteiger partial charge in [0.15, 0.2) is 0 Å². The molecular weight excluding hydrogens is 360 g/mol. The molecule has 21 heavy (non-hydrogen) atoms. The molecule has 6 nitrogen and oxygen atoms in total. The molecule has 0 amide bonds. The summed E-state index contributed by atoms with van der Waals surface area (Å²) in [6, 6.07) is 9.85. The summed E-state index contributed by atoms with van der Waals surface area (Å²) in [5.41, 5.74) is 0.959. The second kappa shape index (κ2) is 5.82. The molecule has 0 aromatic heterocycles. The highest BCUT2D eigenvalue weighted by atomic mass is 79.9. The molecule has 0 atom stereocenters. The molecule has 0 heterocycles. The van der Waals surface area contributed by atoms with Gasteiger partial charge in [0.05, 0.1) is 9.82 Å². The highest BCUT2D eigenvalue weighted by Crippen LogP contribution is 2.23. The van der Waals surface area contributed by atoms with E-state index in [0.29, 0.717) is 0 Å². The molecule has 0 saturated heterocycles. The topological polar surface area (TPSA) is 89.3 Å². The van der Waals surface area contributed by atoms with Crippen LogP contribution in [-0.4, -0.2) is 13.3 Å². The van der Waals surface area contributed by atoms with Gasteiger partial charge >= 0.3 is 0 Å². The van der Waals surface area contributed by atoms with Crippen molar-refractivity contribution in [2.45, 2.75) is 11.8 Å². The van der Waals surface area contributed by atoms with E-state index in [2.05, 4.69) is 20.7 Å². The molecular formula is C13H11BrN2O4S. The average Bonchev–Trinajstić information content (AvgIpc) is 2.42. The Morgan fingerprint density at radius 2 is 1.76 bits per heavy atom. The van der Waals surface area contributed by atoms with Crippen LogP contribution in [0.1, 0.15) is 5.56 Å². The molecule has 0 unspecified atom stereocenters. The van der Waals surface area contributed by atoms with E-state index < -0.39 is 14.9 Å². The highest BCUT2D eigenvalue weighted by Gasteiger charge is 2.15. The first-order valence-electron chi connectivity index (χ1n) is 5.83. The Kier molecular flexibility index (Phi) is 4.29. The summed E-state index contributed by atoms with van der Waals surface area (Å²) < 4.78 is 27.6. The molecule has 8 heteroatoms. The highest BCUT2D eigenvalue weighted by molar-refractivity contribution is 9.10. The number of nitrogens with zero attached hydrogens (tertiary/aromatic N) is 1. The summed E-state index contributed by atoms with van der Waals surface area (Å²) >= 11 is 3.31. The van der Waals surface area contributed by atoms with Crippen molar-refractivity contribution >= 4 is 37.3 Å². The number of rotatable bonds is 4. The van der Waals surface area contributed by atoms with Crippen LogP contribution in [-0.2, 0) is 10.0 Å². The maximum Gasteiger partial charge on any atom is 0.269 e. The molecule has 2 rings (SSSR count). The zero-order valence-corrected chi connectivity index (χ0v) is 13.3. The number of aryl methyl sites for hydroxylation is 1. The summed E-state index contributed by atoms with van der Waals surface area (Å²) in [6.45, 7) is 1.79. The van der Waals surface area contributed by atoms with E-state index in [4.69, 9.17) is 0 Å². The number of nitro benzene ring substituents is 1. The van der Waals surface area contributed by atoms with E-state index in [-0.39, 0.29) is 16.3 Å². The first-order chi connectivity index (χ1) is 9.79. The maximum absolute atomic E-state index is 12.2. The molecule has 0 radical (unpaired) electrons. The minimum atomic E-state index is -3.73. The molecule has 2 aromatic carbocycles. The summed E-state index contributed by atoms with van der Waals surface area (Å²) in [6.07, 6.45) is 0. The fraction of sp³-hybridized carbons (Fsp3) is 0.0769. The first-order valence-corrected chi connectivity index (χ1v) is 8.10. The SMILES string of the molecule is Cc1cc(S(=O)(=O)Nc2ccc([N+](=O)[O-])cc2)ccc1Br. The van der Waals surface area contributed by atoms with Crippen molar-refractivity contribution in [2.75, 3.05) is 4.72 Å². The second-order valence-electron chi connectivity index (χ2n) is 4.32. The quantitative estimate of drug-likeness (QED) is 0.658. The lowest BCUT2D eigenvalue weighted by Gasteiger charge is -2.09. The van der Waals surface area contributed by atoms with Crippen LogP contribution in [0.4, 0.5) is 11.4 Å². The first kappa shape index (κ1) is 15.5. The van der Waals surface area contributed by atoms with Gasteiger partial charge in [0.25, 0.3) is 15.7 Å². The Morgan fingerprint density at radius 1 is 1.14 bits per heavy atom. The van der Waals surface area contributed by atoms with E-state index in [9.17, 15) is 18.5 Å². The van der Waals surface area contributed by atoms with Crippen molar-refractivity contribution in [1.29, 1.82) is 0 Å². The van der Waals surface area contributed by atoms with Gasteiger partial charge in [0.1, 0.15) is 0 Å². The van der Waals surface area contributed by atoms with Gasteiger partial charge in [-0.1, -0.05) is 15.9 Å². The van der Waals surface area contributed by atoms with E-state index >= 15 is 0 Å². The summed E-state index contributed by atoms with van der Waals surface area (Å²) in [4.78, 5) is 10.1. The standard InChI is InChI=1S/C13H11BrN2O4S/c1-9-8-12(6-7-13(9)14)21(19,20)15-10-2-4-11(5-3-10)16(17)18/h2-8,15H,1H3. The fourth-order valence-electron chi connectivity index (χ4n) is 1.65. The van der Waals surface area contributed by atoms with Gasteiger partial charge in [-0.3, -0.25) is 14.8 Å². The summed E-state index contributed by atoms with van der Waals surface area (Å²) in [5.74, 6) is 0. The van der Waals surface area contributed by atoms with Crippen LogP contribution in [0.15, 0.2) is 51.8 Å². The molecule has 0 bridgehead atoms. The minimum Gasteiger partial charge on any atom is -0.280 e. The van der Waals surface area contributed by atoms with Gasteiger partial charge in [0.2, 0.25) is 0 Å². The zero-order chi connectivity index (χ0) is 15.6. The lowest BCUT2D eigenvalue weighted by atomic mass is 10.2. The number of hydrogen-bond donors (Lipinski definition) is 1. The fourth-order valence-corrected chi connectivity index (χ4v) is 3.04. The van der Waals surface area contributed by atoms with Gasteiger partial charge in [0, 0.05) is 22.3 Å². The number of hydrogen-bond acceptors (Lipinski definition) is 4. The van der Waals surface area contributed by atoms with Crippen molar-refractivity contribution in [1.82, 2.24) is 0 Å². The lowest BCUT2D eigenvalue weighted by molar-refractivity contribution is -0.384. The normalized spacial score (nSPS) is 11.1. The largest absolute Gasteiger partial charge is 0.280 e. The van der Waals surface area contributed by atoms with Gasteiger partial charge < -0.3 is 0 Å². The number of nitrogens with one attached hydrogen (secondary N) is 1. The number of halogens is 1. The van der Waals surface area contributed by atoms with Crippen molar-refractivity contribution in [2.24, 2.45) is 0 Å². The van der Waals surface area contributed by atoms with E-state index in [1.54, 1.807) is 13.0 Å². The molecule has 0 aliphatic carbocycles. The third-order valence-electron chi connectivity index (χ3n) is 2.77. The molecule has 110 valence electrons. The van der Waals surface area contributed by atoms with Gasteiger partial charge in [-0.15, -0.1) is 0 Å². The predicted molar refractivity (Wildman–Crippen MR) is 82.8 cm³/mol. The number of anilines is 1. The van der Waals surface area contributed by atoms with Crippen LogP contribution in [0.25, 0.3) is 0 Å². The van der Waals surface area contributed by atoms with E-state index in [1.165, 1.54) is 36.4 Å². The van der Waals surface area contributed by atoms with Crippen molar-refractivity contribution in [3.63, 3.8) is 0 Å². The Morgan fingerprint density at radius 3 is 2.29 bits per heavy atom. The van der Waals surface area contributed by atoms with Crippen LogP contribution >= 0.6 is 15.9 Å². The number of benzene rings is 2. The van der Waals surface area contributed by atoms with Crippen LogP contribution in [0.5, 0.6) is 0 Å². The zero-order valence-electron chi connectivity index (χ0n) is 10.9. The van der Waals surface area contributed by atoms with Gasteiger partial charge in [-0.25, -0.2) is 8.42 Å². The average molecular weight is 371 g/mol. The second-order valence-corrected chi connectivity index (χ2v) is 6.86. The Bertz CT molecular complexity index is 788. The smallest absolute Gasteiger partial charge is 0.269 e. The third-order valence-corrected chi connectivity index (χ3v) is 5.04. The number of non-ortho nitro benzene ring substituents is 1. The number of nitro groups is 1. The third kappa shape index (κ3) is 3.59. The van der Waals surface area contributed by atoms with Crippen molar-refractivity contribution < 1.29 is 13.3 Å². The van der Waals surface area contributed by atoms with Crippen LogP contribution in [0.2, 0.25) is 0 Å². The molecule has 1 N–H and O–H groups in total.